The first-order valence-electron chi connectivity index (χ1n) is 2.68. The van der Waals surface area contributed by atoms with Gasteiger partial charge in [-0.3, -0.25) is 5.32 Å². The summed E-state index contributed by atoms with van der Waals surface area (Å²) in [7, 11) is 1.79. The summed E-state index contributed by atoms with van der Waals surface area (Å²) >= 11 is 0. The lowest BCUT2D eigenvalue weighted by Gasteiger charge is -2.35. The maximum absolute atomic E-state index is 9.11. The van der Waals surface area contributed by atoms with Gasteiger partial charge < -0.3 is 5.11 Å². The van der Waals surface area contributed by atoms with Gasteiger partial charge in [-0.2, -0.15) is 0 Å². The van der Waals surface area contributed by atoms with Crippen LogP contribution in [0.25, 0.3) is 0 Å². The van der Waals surface area contributed by atoms with Crippen LogP contribution in [0.5, 0.6) is 0 Å². The predicted octanol–water partition coefficient (Wildman–Crippen LogP) is 0.0783. The van der Waals surface area contributed by atoms with Gasteiger partial charge in [0.05, 0.1) is 0 Å². The fourth-order valence-corrected chi connectivity index (χ4v) is 0.762. The van der Waals surface area contributed by atoms with Crippen molar-refractivity contribution in [1.29, 1.82) is 0 Å². The maximum atomic E-state index is 9.11. The molecule has 0 amide bonds. The predicted molar refractivity (Wildman–Crippen MR) is 27.9 cm³/mol. The van der Waals surface area contributed by atoms with Crippen LogP contribution in [0.4, 0.5) is 0 Å². The van der Waals surface area contributed by atoms with Gasteiger partial charge in [0, 0.05) is 0 Å². The molecule has 1 fully saturated rings. The lowest BCUT2D eigenvalue weighted by Crippen LogP contribution is -2.48. The van der Waals surface area contributed by atoms with Crippen molar-refractivity contribution in [2.24, 2.45) is 0 Å². The fraction of sp³-hybridized carbons (Fsp3) is 1.00. The smallest absolute Gasteiger partial charge is 0.115 e. The summed E-state index contributed by atoms with van der Waals surface area (Å²) in [5, 5.41) is 11.9. The number of nitrogens with one attached hydrogen (secondary N) is 1. The summed E-state index contributed by atoms with van der Waals surface area (Å²) < 4.78 is 0. The Morgan fingerprint density at radius 3 is 2.14 bits per heavy atom. The Labute approximate surface area is 43.5 Å². The molecule has 0 unspecified atom stereocenters. The van der Waals surface area contributed by atoms with Crippen LogP contribution in [0.15, 0.2) is 0 Å². The first-order chi connectivity index (χ1) is 3.27. The number of aliphatic hydroxyl groups is 1. The molecule has 42 valence electrons. The third kappa shape index (κ3) is 0.763. The molecule has 1 aliphatic carbocycles. The molecule has 0 saturated heterocycles. The van der Waals surface area contributed by atoms with Crippen molar-refractivity contribution in [3.63, 3.8) is 0 Å². The van der Waals surface area contributed by atoms with Crippen LogP contribution in [0.1, 0.15) is 19.3 Å². The van der Waals surface area contributed by atoms with Crippen molar-refractivity contribution in [2.75, 3.05) is 7.05 Å². The van der Waals surface area contributed by atoms with Gasteiger partial charge in [-0.25, -0.2) is 0 Å². The van der Waals surface area contributed by atoms with E-state index in [4.69, 9.17) is 5.11 Å². The van der Waals surface area contributed by atoms with Gasteiger partial charge in [-0.1, -0.05) is 0 Å². The van der Waals surface area contributed by atoms with E-state index in [1.54, 1.807) is 7.05 Å². The molecule has 2 heteroatoms. The van der Waals surface area contributed by atoms with Crippen molar-refractivity contribution in [2.45, 2.75) is 25.0 Å². The van der Waals surface area contributed by atoms with Gasteiger partial charge in [-0.15, -0.1) is 0 Å². The molecule has 0 aromatic rings. The van der Waals surface area contributed by atoms with Gasteiger partial charge in [0.1, 0.15) is 5.72 Å². The van der Waals surface area contributed by atoms with Gasteiger partial charge >= 0.3 is 0 Å². The zero-order chi connectivity index (χ0) is 5.33. The Bertz CT molecular complexity index is 63.0. The average molecular weight is 101 g/mol. The first kappa shape index (κ1) is 5.06. The van der Waals surface area contributed by atoms with Crippen LogP contribution in [0, 0.1) is 0 Å². The van der Waals surface area contributed by atoms with Gasteiger partial charge in [0.15, 0.2) is 0 Å². The molecule has 0 bridgehead atoms. The third-order valence-electron chi connectivity index (χ3n) is 1.65. The molecule has 1 saturated carbocycles. The molecule has 1 rings (SSSR count). The van der Waals surface area contributed by atoms with E-state index >= 15 is 0 Å². The summed E-state index contributed by atoms with van der Waals surface area (Å²) in [5.74, 6) is 0. The van der Waals surface area contributed by atoms with E-state index in [0.717, 1.165) is 19.3 Å². The van der Waals surface area contributed by atoms with E-state index < -0.39 is 5.72 Å². The Morgan fingerprint density at radius 1 is 1.57 bits per heavy atom. The zero-order valence-corrected chi connectivity index (χ0v) is 4.57. The van der Waals surface area contributed by atoms with Crippen molar-refractivity contribution in [3.05, 3.63) is 0 Å². The third-order valence-corrected chi connectivity index (χ3v) is 1.65. The minimum atomic E-state index is -0.486. The topological polar surface area (TPSA) is 32.3 Å². The maximum Gasteiger partial charge on any atom is 0.115 e. The van der Waals surface area contributed by atoms with E-state index in [0.29, 0.717) is 0 Å². The lowest BCUT2D eigenvalue weighted by molar-refractivity contribution is -0.0572. The van der Waals surface area contributed by atoms with Crippen LogP contribution in [-0.4, -0.2) is 17.9 Å². The van der Waals surface area contributed by atoms with E-state index in [9.17, 15) is 0 Å². The van der Waals surface area contributed by atoms with E-state index in [-0.39, 0.29) is 0 Å². The van der Waals surface area contributed by atoms with Gasteiger partial charge in [0.25, 0.3) is 0 Å². The molecule has 0 heterocycles. The minimum absolute atomic E-state index is 0.486. The molecule has 0 radical (unpaired) electrons. The number of hydrogen-bond acceptors (Lipinski definition) is 2. The minimum Gasteiger partial charge on any atom is -0.376 e. The Hall–Kier alpha value is -0.0800. The summed E-state index contributed by atoms with van der Waals surface area (Å²) in [6.45, 7) is 0. The van der Waals surface area contributed by atoms with Crippen molar-refractivity contribution in [3.8, 4) is 0 Å². The largest absolute Gasteiger partial charge is 0.376 e. The second-order valence-electron chi connectivity index (χ2n) is 2.14. The highest BCUT2D eigenvalue weighted by atomic mass is 16.3. The molecular formula is C5H11NO. The highest BCUT2D eigenvalue weighted by Crippen LogP contribution is 2.27. The van der Waals surface area contributed by atoms with Crippen molar-refractivity contribution in [1.82, 2.24) is 5.32 Å². The van der Waals surface area contributed by atoms with E-state index in [2.05, 4.69) is 5.32 Å². The Balaban J connectivity index is 2.29. The Morgan fingerprint density at radius 2 is 2.14 bits per heavy atom. The lowest BCUT2D eigenvalue weighted by atomic mass is 9.89. The molecule has 0 aromatic carbocycles. The van der Waals surface area contributed by atoms with Crippen molar-refractivity contribution >= 4 is 0 Å². The normalized spacial score (nSPS) is 26.6. The van der Waals surface area contributed by atoms with Crippen LogP contribution in [-0.2, 0) is 0 Å². The highest BCUT2D eigenvalue weighted by molar-refractivity contribution is 4.82. The molecule has 7 heavy (non-hydrogen) atoms. The van der Waals surface area contributed by atoms with Crippen LogP contribution in [0.3, 0.4) is 0 Å². The van der Waals surface area contributed by atoms with E-state index in [1.807, 2.05) is 0 Å². The van der Waals surface area contributed by atoms with Crippen LogP contribution in [0.2, 0.25) is 0 Å². The molecule has 0 atom stereocenters. The monoisotopic (exact) mass is 101 g/mol. The standard InChI is InChI=1S/C5H11NO/c1-6-5(7)3-2-4-5/h6-7H,2-4H2,1H3. The summed E-state index contributed by atoms with van der Waals surface area (Å²) in [6.07, 6.45) is 3.00. The zero-order valence-electron chi connectivity index (χ0n) is 4.57. The van der Waals surface area contributed by atoms with Crippen molar-refractivity contribution < 1.29 is 5.11 Å². The second kappa shape index (κ2) is 1.46. The molecule has 0 aliphatic heterocycles. The van der Waals surface area contributed by atoms with Crippen LogP contribution >= 0.6 is 0 Å². The van der Waals surface area contributed by atoms with Gasteiger partial charge in [0.2, 0.25) is 0 Å². The molecule has 2 N–H and O–H groups in total. The SMILES string of the molecule is CNC1(O)CCC1. The fourth-order valence-electron chi connectivity index (χ4n) is 0.762. The van der Waals surface area contributed by atoms with Crippen LogP contribution < -0.4 is 5.32 Å². The average Bonchev–Trinajstić information content (AvgIpc) is 1.61. The quantitative estimate of drug-likeness (QED) is 0.458. The summed E-state index contributed by atoms with van der Waals surface area (Å²) in [6, 6.07) is 0. The number of hydrogen-bond donors (Lipinski definition) is 2. The van der Waals surface area contributed by atoms with E-state index in [1.165, 1.54) is 0 Å². The first-order valence-corrected chi connectivity index (χ1v) is 2.68. The summed E-state index contributed by atoms with van der Waals surface area (Å²) in [4.78, 5) is 0. The highest BCUT2D eigenvalue weighted by Gasteiger charge is 2.31. The molecule has 0 spiro atoms. The molecular weight excluding hydrogens is 90.1 g/mol. The summed E-state index contributed by atoms with van der Waals surface area (Å²) in [5.41, 5.74) is -0.486. The van der Waals surface area contributed by atoms with Gasteiger partial charge in [-0.05, 0) is 26.3 Å². The second-order valence-corrected chi connectivity index (χ2v) is 2.14. The Kier molecular flexibility index (Phi) is 1.05. The molecule has 1 aliphatic rings. The molecule has 0 aromatic heterocycles. The molecule has 2 nitrogen and oxygen atoms in total. The number of rotatable bonds is 1.